The van der Waals surface area contributed by atoms with Crippen LogP contribution < -0.4 is 0 Å². The van der Waals surface area contributed by atoms with E-state index in [1.807, 2.05) is 30.3 Å². The molecule has 4 heteroatoms. The molecule has 1 aromatic carbocycles. The lowest BCUT2D eigenvalue weighted by Gasteiger charge is -2.41. The number of hydrogen-bond donors (Lipinski definition) is 1. The number of carbonyl (C=O) groups is 2. The standard InChI is InChI=1S/C16H19NO3/c18-13-7-4-9-16(13)10-8-14(19)17(15(16)20)11-12-5-2-1-3-6-12/h1-3,5-6,14,19H,4,7-11H2/t14-,16-/m0/s1. The number of nitrogens with zero attached hydrogens (tertiary/aromatic N) is 1. The number of benzene rings is 1. The lowest BCUT2D eigenvalue weighted by molar-refractivity contribution is -0.166. The number of amides is 1. The molecule has 2 fully saturated rings. The van der Waals surface area contributed by atoms with Gasteiger partial charge in [0, 0.05) is 13.0 Å². The molecule has 1 aromatic rings. The van der Waals surface area contributed by atoms with Crippen molar-refractivity contribution in [1.29, 1.82) is 0 Å². The Morgan fingerprint density at radius 1 is 1.20 bits per heavy atom. The lowest BCUT2D eigenvalue weighted by atomic mass is 9.76. The molecule has 0 bridgehead atoms. The molecule has 3 rings (SSSR count). The van der Waals surface area contributed by atoms with E-state index >= 15 is 0 Å². The average Bonchev–Trinajstić information content (AvgIpc) is 2.83. The molecule has 1 heterocycles. The number of ketones is 1. The Morgan fingerprint density at radius 3 is 2.60 bits per heavy atom. The number of piperidine rings is 1. The van der Waals surface area contributed by atoms with Gasteiger partial charge in [0.2, 0.25) is 5.91 Å². The Labute approximate surface area is 118 Å². The molecule has 1 saturated carbocycles. The highest BCUT2D eigenvalue weighted by atomic mass is 16.3. The summed E-state index contributed by atoms with van der Waals surface area (Å²) in [5.41, 5.74) is 0.135. The molecule has 20 heavy (non-hydrogen) atoms. The predicted octanol–water partition coefficient (Wildman–Crippen LogP) is 1.87. The first-order valence-corrected chi connectivity index (χ1v) is 7.20. The molecule has 1 spiro atoms. The molecule has 106 valence electrons. The van der Waals surface area contributed by atoms with Crippen molar-refractivity contribution in [3.8, 4) is 0 Å². The molecule has 0 aromatic heterocycles. The number of carbonyl (C=O) groups excluding carboxylic acids is 2. The number of aliphatic hydroxyl groups is 1. The van der Waals surface area contributed by atoms with Crippen molar-refractivity contribution in [1.82, 2.24) is 4.90 Å². The zero-order chi connectivity index (χ0) is 14.2. The lowest BCUT2D eigenvalue weighted by Crippen LogP contribution is -2.54. The summed E-state index contributed by atoms with van der Waals surface area (Å²) in [4.78, 5) is 26.3. The van der Waals surface area contributed by atoms with Crippen LogP contribution in [0.5, 0.6) is 0 Å². The van der Waals surface area contributed by atoms with Crippen LogP contribution >= 0.6 is 0 Å². The molecule has 1 N–H and O–H groups in total. The van der Waals surface area contributed by atoms with Crippen molar-refractivity contribution in [3.63, 3.8) is 0 Å². The minimum atomic E-state index is -0.839. The molecular formula is C16H19NO3. The van der Waals surface area contributed by atoms with Gasteiger partial charge in [0.25, 0.3) is 0 Å². The Morgan fingerprint density at radius 2 is 1.95 bits per heavy atom. The third kappa shape index (κ3) is 2.04. The van der Waals surface area contributed by atoms with Crippen molar-refractivity contribution < 1.29 is 14.7 Å². The number of hydrogen-bond acceptors (Lipinski definition) is 3. The van der Waals surface area contributed by atoms with Gasteiger partial charge in [-0.15, -0.1) is 0 Å². The number of Topliss-reactive ketones (excluding diaryl/α,β-unsaturated/α-hetero) is 1. The second-order valence-electron chi connectivity index (χ2n) is 5.80. The quantitative estimate of drug-likeness (QED) is 0.837. The van der Waals surface area contributed by atoms with Crippen LogP contribution in [0.4, 0.5) is 0 Å². The molecule has 2 aliphatic rings. The number of aliphatic hydroxyl groups excluding tert-OH is 1. The zero-order valence-electron chi connectivity index (χ0n) is 11.4. The second-order valence-corrected chi connectivity index (χ2v) is 5.80. The SMILES string of the molecule is O=C1CCC[C@]12CC[C@H](O)N(Cc1ccccc1)C2=O. The van der Waals surface area contributed by atoms with Gasteiger partial charge in [-0.1, -0.05) is 30.3 Å². The molecule has 4 nitrogen and oxygen atoms in total. The maximum absolute atomic E-state index is 12.7. The molecule has 2 atom stereocenters. The van der Waals surface area contributed by atoms with Crippen molar-refractivity contribution in [2.24, 2.45) is 5.41 Å². The van der Waals surface area contributed by atoms with E-state index in [9.17, 15) is 14.7 Å². The summed E-state index contributed by atoms with van der Waals surface area (Å²) in [6.07, 6.45) is 2.15. The second kappa shape index (κ2) is 5.02. The van der Waals surface area contributed by atoms with Crippen LogP contribution in [-0.4, -0.2) is 27.9 Å². The summed E-state index contributed by atoms with van der Waals surface area (Å²) in [7, 11) is 0. The first kappa shape index (κ1) is 13.3. The van der Waals surface area contributed by atoms with E-state index in [0.29, 0.717) is 32.2 Å². The van der Waals surface area contributed by atoms with Gasteiger partial charge in [-0.2, -0.15) is 0 Å². The summed E-state index contributed by atoms with van der Waals surface area (Å²) in [5.74, 6) is -0.116. The van der Waals surface area contributed by atoms with Gasteiger partial charge in [-0.25, -0.2) is 0 Å². The Bertz CT molecular complexity index is 528. The van der Waals surface area contributed by atoms with Gasteiger partial charge in [0.1, 0.15) is 17.4 Å². The molecule has 1 amide bonds. The van der Waals surface area contributed by atoms with Crippen molar-refractivity contribution in [2.45, 2.75) is 44.9 Å². The summed E-state index contributed by atoms with van der Waals surface area (Å²) >= 11 is 0. The Balaban J connectivity index is 1.85. The van der Waals surface area contributed by atoms with Crippen LogP contribution in [0.25, 0.3) is 0 Å². The van der Waals surface area contributed by atoms with E-state index in [1.165, 1.54) is 4.90 Å². The monoisotopic (exact) mass is 273 g/mol. The van der Waals surface area contributed by atoms with Crippen molar-refractivity contribution in [3.05, 3.63) is 35.9 Å². The molecular weight excluding hydrogens is 254 g/mol. The third-order valence-corrected chi connectivity index (χ3v) is 4.60. The van der Waals surface area contributed by atoms with Gasteiger partial charge in [0.15, 0.2) is 0 Å². The molecule has 0 unspecified atom stereocenters. The highest BCUT2D eigenvalue weighted by Gasteiger charge is 2.53. The van der Waals surface area contributed by atoms with E-state index in [1.54, 1.807) is 0 Å². The van der Waals surface area contributed by atoms with Gasteiger partial charge in [-0.05, 0) is 31.2 Å². The minimum absolute atomic E-state index is 0.0625. The van der Waals surface area contributed by atoms with Crippen LogP contribution in [-0.2, 0) is 16.1 Å². The molecule has 1 saturated heterocycles. The topological polar surface area (TPSA) is 57.6 Å². The fraction of sp³-hybridized carbons (Fsp3) is 0.500. The summed E-state index contributed by atoms with van der Waals surface area (Å²) in [6.45, 7) is 0.371. The van der Waals surface area contributed by atoms with E-state index in [2.05, 4.69) is 0 Å². The third-order valence-electron chi connectivity index (χ3n) is 4.60. The van der Waals surface area contributed by atoms with E-state index in [4.69, 9.17) is 0 Å². The van der Waals surface area contributed by atoms with Crippen LogP contribution in [0.15, 0.2) is 30.3 Å². The van der Waals surface area contributed by atoms with Crippen LogP contribution in [0.2, 0.25) is 0 Å². The van der Waals surface area contributed by atoms with E-state index in [0.717, 1.165) is 12.0 Å². The Hall–Kier alpha value is -1.68. The van der Waals surface area contributed by atoms with Crippen LogP contribution in [0.3, 0.4) is 0 Å². The summed E-state index contributed by atoms with van der Waals surface area (Å²) < 4.78 is 0. The fourth-order valence-electron chi connectivity index (χ4n) is 3.43. The van der Waals surface area contributed by atoms with Crippen molar-refractivity contribution >= 4 is 11.7 Å². The van der Waals surface area contributed by atoms with Gasteiger partial charge >= 0.3 is 0 Å². The van der Waals surface area contributed by atoms with Crippen LogP contribution in [0, 0.1) is 5.41 Å². The Kier molecular flexibility index (Phi) is 3.34. The van der Waals surface area contributed by atoms with Crippen molar-refractivity contribution in [2.75, 3.05) is 0 Å². The number of rotatable bonds is 2. The fourth-order valence-corrected chi connectivity index (χ4v) is 3.43. The van der Waals surface area contributed by atoms with Gasteiger partial charge < -0.3 is 10.0 Å². The normalized spacial score (nSPS) is 30.2. The van der Waals surface area contributed by atoms with Crippen LogP contribution in [0.1, 0.15) is 37.7 Å². The maximum atomic E-state index is 12.7. The van der Waals surface area contributed by atoms with Gasteiger partial charge in [-0.3, -0.25) is 9.59 Å². The smallest absolute Gasteiger partial charge is 0.238 e. The van der Waals surface area contributed by atoms with E-state index < -0.39 is 11.6 Å². The highest BCUT2D eigenvalue weighted by Crippen LogP contribution is 2.44. The average molecular weight is 273 g/mol. The highest BCUT2D eigenvalue weighted by molar-refractivity contribution is 6.07. The number of likely N-dealkylation sites (tertiary alicyclic amines) is 1. The predicted molar refractivity (Wildman–Crippen MR) is 73.5 cm³/mol. The molecule has 0 radical (unpaired) electrons. The van der Waals surface area contributed by atoms with E-state index in [-0.39, 0.29) is 11.7 Å². The summed E-state index contributed by atoms with van der Waals surface area (Å²) in [6, 6.07) is 9.59. The first-order chi connectivity index (χ1) is 9.63. The minimum Gasteiger partial charge on any atom is -0.374 e. The largest absolute Gasteiger partial charge is 0.374 e. The molecule has 1 aliphatic heterocycles. The van der Waals surface area contributed by atoms with Gasteiger partial charge in [0.05, 0.1) is 0 Å². The first-order valence-electron chi connectivity index (χ1n) is 7.20. The zero-order valence-corrected chi connectivity index (χ0v) is 11.4. The maximum Gasteiger partial charge on any atom is 0.238 e. The molecule has 1 aliphatic carbocycles. The summed E-state index contributed by atoms with van der Waals surface area (Å²) in [5, 5.41) is 10.1.